The summed E-state index contributed by atoms with van der Waals surface area (Å²) in [4.78, 5) is 10.2. The Balaban J connectivity index is 3.64. The molecule has 0 aliphatic rings. The lowest BCUT2D eigenvalue weighted by molar-refractivity contribution is -0.139. The number of rotatable bonds is 4. The largest absolute Gasteiger partial charge is 0.480 e. The molecule has 0 rings (SSSR count). The number of aliphatic carboxylic acids is 1. The number of carboxylic acids is 1. The summed E-state index contributed by atoms with van der Waals surface area (Å²) in [5.41, 5.74) is 0. The summed E-state index contributed by atoms with van der Waals surface area (Å²) in [7, 11) is 0. The van der Waals surface area contributed by atoms with Gasteiger partial charge in [0.25, 0.3) is 0 Å². The van der Waals surface area contributed by atoms with Crippen molar-refractivity contribution in [3.63, 3.8) is 0 Å². The van der Waals surface area contributed by atoms with Gasteiger partial charge in [0.2, 0.25) is 0 Å². The Bertz CT molecular complexity index is 152. The molecule has 0 fully saturated rings. The molecule has 1 N–H and O–H groups in total. The van der Waals surface area contributed by atoms with Crippen LogP contribution < -0.4 is 0 Å². The second-order valence-corrected chi connectivity index (χ2v) is 2.79. The van der Waals surface area contributed by atoms with Crippen molar-refractivity contribution in [1.29, 1.82) is 5.26 Å². The Morgan fingerprint density at radius 3 is 2.80 bits per heavy atom. The minimum absolute atomic E-state index is 0.438. The van der Waals surface area contributed by atoms with E-state index in [0.29, 0.717) is 6.42 Å². The summed E-state index contributed by atoms with van der Waals surface area (Å²) in [6, 6.07) is 1.72. The third-order valence-electron chi connectivity index (χ3n) is 1.06. The van der Waals surface area contributed by atoms with Crippen LogP contribution >= 0.6 is 11.8 Å². The molecule has 0 aliphatic carbocycles. The van der Waals surface area contributed by atoms with E-state index in [2.05, 4.69) is 0 Å². The van der Waals surface area contributed by atoms with Crippen LogP contribution in [-0.4, -0.2) is 23.1 Å². The van der Waals surface area contributed by atoms with E-state index in [1.54, 1.807) is 17.8 Å². The predicted molar refractivity (Wildman–Crippen MR) is 39.7 cm³/mol. The van der Waals surface area contributed by atoms with Crippen molar-refractivity contribution in [2.24, 2.45) is 5.92 Å². The summed E-state index contributed by atoms with van der Waals surface area (Å²) in [5.74, 6) is -1.12. The van der Waals surface area contributed by atoms with Gasteiger partial charge < -0.3 is 5.11 Å². The topological polar surface area (TPSA) is 61.1 Å². The monoisotopic (exact) mass is 159 g/mol. The lowest BCUT2D eigenvalue weighted by atomic mass is 10.1. The zero-order valence-electron chi connectivity index (χ0n) is 5.70. The fraction of sp³-hybridized carbons (Fsp3) is 0.667. The Morgan fingerprint density at radius 2 is 2.50 bits per heavy atom. The molecule has 0 spiro atoms. The molecule has 10 heavy (non-hydrogen) atoms. The van der Waals surface area contributed by atoms with Crippen LogP contribution in [0, 0.1) is 17.2 Å². The lowest BCUT2D eigenvalue weighted by Crippen LogP contribution is -2.11. The number of thioether (sulfide) groups is 1. The third-order valence-corrected chi connectivity index (χ3v) is 1.71. The standard InChI is InChI=1S/C6H9NO2S/c1-10-3-2-5(4-7)6(8)9/h5H,2-3H2,1H3,(H,8,9). The quantitative estimate of drug-likeness (QED) is 0.663. The maximum absolute atomic E-state index is 10.2. The van der Waals surface area contributed by atoms with Crippen LogP contribution in [0.5, 0.6) is 0 Å². The number of nitrogens with zero attached hydrogens (tertiary/aromatic N) is 1. The molecule has 3 nitrogen and oxygen atoms in total. The molecule has 0 saturated heterocycles. The van der Waals surface area contributed by atoms with E-state index in [9.17, 15) is 4.79 Å². The van der Waals surface area contributed by atoms with Crippen LogP contribution in [0.25, 0.3) is 0 Å². The second kappa shape index (κ2) is 5.12. The van der Waals surface area contributed by atoms with Gasteiger partial charge in [0, 0.05) is 0 Å². The summed E-state index contributed by atoms with van der Waals surface area (Å²) in [5, 5.41) is 16.7. The third kappa shape index (κ3) is 3.36. The number of nitriles is 1. The highest BCUT2D eigenvalue weighted by molar-refractivity contribution is 7.98. The van der Waals surface area contributed by atoms with E-state index < -0.39 is 11.9 Å². The maximum Gasteiger partial charge on any atom is 0.320 e. The Morgan fingerprint density at radius 1 is 1.90 bits per heavy atom. The minimum atomic E-state index is -1.02. The number of hydrogen-bond donors (Lipinski definition) is 1. The van der Waals surface area contributed by atoms with E-state index in [-0.39, 0.29) is 0 Å². The van der Waals surface area contributed by atoms with Crippen molar-refractivity contribution in [2.45, 2.75) is 6.42 Å². The second-order valence-electron chi connectivity index (χ2n) is 1.80. The molecule has 0 bridgehead atoms. The molecular weight excluding hydrogens is 150 g/mol. The van der Waals surface area contributed by atoms with Crippen molar-refractivity contribution in [1.82, 2.24) is 0 Å². The van der Waals surface area contributed by atoms with E-state index >= 15 is 0 Å². The van der Waals surface area contributed by atoms with Crippen LogP contribution in [0.15, 0.2) is 0 Å². The Labute approximate surface area is 64.0 Å². The van der Waals surface area contributed by atoms with Crippen LogP contribution in [-0.2, 0) is 4.79 Å². The van der Waals surface area contributed by atoms with Gasteiger partial charge in [0.05, 0.1) is 6.07 Å². The average Bonchev–Trinajstić information content (AvgIpc) is 1.89. The van der Waals surface area contributed by atoms with Gasteiger partial charge in [-0.25, -0.2) is 0 Å². The Kier molecular flexibility index (Phi) is 4.77. The van der Waals surface area contributed by atoms with Crippen LogP contribution in [0.4, 0.5) is 0 Å². The highest BCUT2D eigenvalue weighted by Crippen LogP contribution is 2.06. The molecule has 0 aromatic rings. The van der Waals surface area contributed by atoms with Crippen molar-refractivity contribution in [2.75, 3.05) is 12.0 Å². The average molecular weight is 159 g/mol. The zero-order valence-corrected chi connectivity index (χ0v) is 6.52. The van der Waals surface area contributed by atoms with E-state index in [4.69, 9.17) is 10.4 Å². The lowest BCUT2D eigenvalue weighted by Gasteiger charge is -1.99. The van der Waals surface area contributed by atoms with Gasteiger partial charge in [-0.2, -0.15) is 17.0 Å². The molecule has 0 radical (unpaired) electrons. The Hall–Kier alpha value is -0.690. The maximum atomic E-state index is 10.2. The van der Waals surface area contributed by atoms with E-state index in [1.165, 1.54) is 0 Å². The van der Waals surface area contributed by atoms with Crippen molar-refractivity contribution in [3.8, 4) is 6.07 Å². The van der Waals surface area contributed by atoms with Gasteiger partial charge in [0.15, 0.2) is 0 Å². The minimum Gasteiger partial charge on any atom is -0.480 e. The summed E-state index contributed by atoms with van der Waals surface area (Å²) < 4.78 is 0. The van der Waals surface area contributed by atoms with Crippen molar-refractivity contribution < 1.29 is 9.90 Å². The fourth-order valence-corrected chi connectivity index (χ4v) is 0.950. The molecule has 1 atom stereocenters. The molecule has 0 aliphatic heterocycles. The first-order valence-corrected chi connectivity index (χ1v) is 4.23. The molecule has 56 valence electrons. The molecule has 4 heteroatoms. The summed E-state index contributed by atoms with van der Waals surface area (Å²) in [6.45, 7) is 0. The SMILES string of the molecule is CSCCC(C#N)C(=O)O. The molecule has 0 saturated carbocycles. The molecule has 0 amide bonds. The summed E-state index contributed by atoms with van der Waals surface area (Å²) >= 11 is 1.55. The van der Waals surface area contributed by atoms with Gasteiger partial charge in [-0.05, 0) is 18.4 Å². The van der Waals surface area contributed by atoms with Crippen LogP contribution in [0.1, 0.15) is 6.42 Å². The number of carbonyl (C=O) groups is 1. The number of hydrogen-bond acceptors (Lipinski definition) is 3. The van der Waals surface area contributed by atoms with Gasteiger partial charge in [-0.15, -0.1) is 0 Å². The normalized spacial score (nSPS) is 12.0. The molecular formula is C6H9NO2S. The van der Waals surface area contributed by atoms with Gasteiger partial charge in [-0.1, -0.05) is 0 Å². The van der Waals surface area contributed by atoms with Crippen LogP contribution in [0.3, 0.4) is 0 Å². The predicted octanol–water partition coefficient (Wildman–Crippen LogP) is 0.964. The van der Waals surface area contributed by atoms with Crippen molar-refractivity contribution >= 4 is 17.7 Å². The first-order valence-electron chi connectivity index (χ1n) is 2.83. The smallest absolute Gasteiger partial charge is 0.320 e. The van der Waals surface area contributed by atoms with Gasteiger partial charge in [0.1, 0.15) is 5.92 Å². The highest BCUT2D eigenvalue weighted by atomic mass is 32.2. The first-order chi connectivity index (χ1) is 4.72. The van der Waals surface area contributed by atoms with E-state index in [1.807, 2.05) is 6.26 Å². The van der Waals surface area contributed by atoms with Gasteiger partial charge in [-0.3, -0.25) is 4.79 Å². The van der Waals surface area contributed by atoms with Crippen LogP contribution in [0.2, 0.25) is 0 Å². The van der Waals surface area contributed by atoms with Gasteiger partial charge >= 0.3 is 5.97 Å². The highest BCUT2D eigenvalue weighted by Gasteiger charge is 2.14. The fourth-order valence-electron chi connectivity index (χ4n) is 0.479. The molecule has 0 aromatic carbocycles. The molecule has 0 heterocycles. The first kappa shape index (κ1) is 9.31. The zero-order chi connectivity index (χ0) is 7.98. The molecule has 0 aromatic heterocycles. The summed E-state index contributed by atoms with van der Waals surface area (Å²) in [6.07, 6.45) is 2.32. The molecule has 1 unspecified atom stereocenters. The number of carboxylic acid groups (broad SMARTS) is 1. The van der Waals surface area contributed by atoms with E-state index in [0.717, 1.165) is 5.75 Å². The van der Waals surface area contributed by atoms with Crippen molar-refractivity contribution in [3.05, 3.63) is 0 Å².